The van der Waals surface area contributed by atoms with Gasteiger partial charge in [-0.15, -0.1) is 0 Å². The Kier molecular flexibility index (Phi) is 9.34. The number of carbonyl (C=O) groups excluding carboxylic acids is 1. The van der Waals surface area contributed by atoms with E-state index in [1.165, 1.54) is 16.9 Å². The molecule has 2 atom stereocenters. The molecule has 3 heterocycles. The quantitative estimate of drug-likeness (QED) is 0.329. The van der Waals surface area contributed by atoms with Gasteiger partial charge in [-0.1, -0.05) is 35.9 Å². The first-order valence-corrected chi connectivity index (χ1v) is 13.4. The molecule has 0 bridgehead atoms. The molecule has 2 N–H and O–H groups in total. The van der Waals surface area contributed by atoms with E-state index in [2.05, 4.69) is 10.4 Å². The van der Waals surface area contributed by atoms with Crippen molar-refractivity contribution in [1.82, 2.24) is 15.1 Å². The monoisotopic (exact) mass is 563 g/mol. The lowest BCUT2D eigenvalue weighted by Gasteiger charge is -2.34. The summed E-state index contributed by atoms with van der Waals surface area (Å²) in [6.45, 7) is 4.48. The van der Waals surface area contributed by atoms with Crippen molar-refractivity contribution in [3.8, 4) is 0 Å². The van der Waals surface area contributed by atoms with E-state index >= 15 is 0 Å². The minimum absolute atomic E-state index is 0.0307. The van der Waals surface area contributed by atoms with Crippen LogP contribution in [-0.4, -0.2) is 47.8 Å². The number of hydrogen-bond acceptors (Lipinski definition) is 8. The van der Waals surface area contributed by atoms with Crippen molar-refractivity contribution < 1.29 is 23.0 Å². The van der Waals surface area contributed by atoms with Crippen LogP contribution in [0.15, 0.2) is 46.5 Å². The summed E-state index contributed by atoms with van der Waals surface area (Å²) in [6, 6.07) is 5.73. The second kappa shape index (κ2) is 12.7. The number of anilines is 1. The average molecular weight is 564 g/mol. The fraction of sp³-hybridized carbons (Fsp3) is 0.481. The predicted molar refractivity (Wildman–Crippen MR) is 144 cm³/mol. The van der Waals surface area contributed by atoms with Gasteiger partial charge in [0, 0.05) is 49.0 Å². The molecule has 0 amide bonds. The first-order chi connectivity index (χ1) is 18.7. The summed E-state index contributed by atoms with van der Waals surface area (Å²) in [7, 11) is 0. The number of benzene rings is 1. The van der Waals surface area contributed by atoms with E-state index in [1.807, 2.05) is 0 Å². The molecule has 1 saturated heterocycles. The fourth-order valence-electron chi connectivity index (χ4n) is 4.91. The highest BCUT2D eigenvalue weighted by Crippen LogP contribution is 2.32. The summed E-state index contributed by atoms with van der Waals surface area (Å²) >= 11 is 6.52. The Morgan fingerprint density at radius 3 is 2.72 bits per heavy atom. The zero-order chi connectivity index (χ0) is 28.1. The summed E-state index contributed by atoms with van der Waals surface area (Å²) in [5.41, 5.74) is 0.770. The molecule has 0 radical (unpaired) electrons. The molecular formula is C27H32ClF2N5O4. The minimum Gasteiger partial charge on any atom is -0.461 e. The molecule has 12 heteroatoms. The van der Waals surface area contributed by atoms with E-state index < -0.39 is 30.2 Å². The Hall–Kier alpha value is -3.31. The number of hydrogen-bond donors (Lipinski definition) is 2. The standard InChI is InChI=1S/C27H32ClF2N5O4/c1-3-38-27(37)24(31)19-15-34(21-14-32-35(26(36)23(21)28)22-10-6-7-13-39-22)12-11-20(19)33-16(2)17-8-4-5-9-18(17)25(29)30/h4-5,8-9,14,16,22,25,31,33H,3,6-7,10-13,15H2,1-2H3. The van der Waals surface area contributed by atoms with Crippen LogP contribution in [0.1, 0.15) is 69.4 Å². The van der Waals surface area contributed by atoms with Gasteiger partial charge in [-0.25, -0.2) is 13.6 Å². The molecule has 2 aliphatic heterocycles. The fourth-order valence-corrected chi connectivity index (χ4v) is 5.16. The molecule has 2 aromatic rings. The van der Waals surface area contributed by atoms with Crippen molar-refractivity contribution >= 4 is 29.0 Å². The summed E-state index contributed by atoms with van der Waals surface area (Å²) in [5, 5.41) is 16.1. The second-order valence-corrected chi connectivity index (χ2v) is 9.81. The molecule has 9 nitrogen and oxygen atoms in total. The van der Waals surface area contributed by atoms with E-state index in [0.29, 0.717) is 48.5 Å². The lowest BCUT2D eigenvalue weighted by atomic mass is 9.97. The molecule has 0 aliphatic carbocycles. The second-order valence-electron chi connectivity index (χ2n) is 9.43. The van der Waals surface area contributed by atoms with Crippen LogP contribution in [-0.2, 0) is 14.3 Å². The average Bonchev–Trinajstić information content (AvgIpc) is 2.95. The van der Waals surface area contributed by atoms with Crippen LogP contribution >= 0.6 is 11.6 Å². The Morgan fingerprint density at radius 1 is 1.31 bits per heavy atom. The van der Waals surface area contributed by atoms with Gasteiger partial charge in [0.15, 0.2) is 6.23 Å². The molecule has 1 aromatic heterocycles. The maximum absolute atomic E-state index is 13.6. The lowest BCUT2D eigenvalue weighted by molar-refractivity contribution is -0.135. The number of rotatable bonds is 9. The van der Waals surface area contributed by atoms with Crippen molar-refractivity contribution in [2.45, 2.75) is 58.2 Å². The maximum atomic E-state index is 13.6. The van der Waals surface area contributed by atoms with Gasteiger partial charge in [0.05, 0.1) is 18.5 Å². The number of nitrogens with zero attached hydrogens (tertiary/aromatic N) is 3. The van der Waals surface area contributed by atoms with Crippen LogP contribution in [0.3, 0.4) is 0 Å². The van der Waals surface area contributed by atoms with Gasteiger partial charge in [0.25, 0.3) is 12.0 Å². The van der Waals surface area contributed by atoms with Crippen LogP contribution in [0.2, 0.25) is 5.02 Å². The van der Waals surface area contributed by atoms with Gasteiger partial charge in [-0.05, 0) is 38.7 Å². The smallest absolute Gasteiger partial charge is 0.356 e. The highest BCUT2D eigenvalue weighted by Gasteiger charge is 2.30. The number of nitrogens with one attached hydrogen (secondary N) is 2. The van der Waals surface area contributed by atoms with Crippen molar-refractivity contribution in [2.75, 3.05) is 31.2 Å². The highest BCUT2D eigenvalue weighted by atomic mass is 35.5. The molecule has 210 valence electrons. The van der Waals surface area contributed by atoms with Gasteiger partial charge >= 0.3 is 5.97 Å². The van der Waals surface area contributed by atoms with E-state index in [-0.39, 0.29) is 29.4 Å². The number of carbonyl (C=O) groups is 1. The lowest BCUT2D eigenvalue weighted by Crippen LogP contribution is -2.41. The zero-order valence-corrected chi connectivity index (χ0v) is 22.6. The largest absolute Gasteiger partial charge is 0.461 e. The Morgan fingerprint density at radius 2 is 2.05 bits per heavy atom. The SMILES string of the molecule is CCOC(=O)C(=N)C1=C(NC(C)c2ccccc2C(F)F)CCN(c2cnn(C3CCCCO3)c(=O)c2Cl)C1. The molecule has 39 heavy (non-hydrogen) atoms. The zero-order valence-electron chi connectivity index (χ0n) is 21.9. The minimum atomic E-state index is -2.64. The van der Waals surface area contributed by atoms with Crippen LogP contribution in [0.4, 0.5) is 14.5 Å². The summed E-state index contributed by atoms with van der Waals surface area (Å²) in [5.74, 6) is -0.802. The third kappa shape index (κ3) is 6.30. The molecule has 4 rings (SSSR count). The van der Waals surface area contributed by atoms with E-state index in [0.717, 1.165) is 12.8 Å². The van der Waals surface area contributed by atoms with Gasteiger partial charge in [-0.3, -0.25) is 10.2 Å². The molecule has 2 aliphatic rings. The number of esters is 1. The van der Waals surface area contributed by atoms with Crippen molar-refractivity contribution in [3.05, 3.63) is 68.2 Å². The predicted octanol–water partition coefficient (Wildman–Crippen LogP) is 4.93. The van der Waals surface area contributed by atoms with E-state index in [1.54, 1.807) is 36.9 Å². The Bertz CT molecular complexity index is 1310. The third-order valence-corrected chi connectivity index (χ3v) is 7.26. The Balaban J connectivity index is 1.64. The van der Waals surface area contributed by atoms with E-state index in [9.17, 15) is 18.4 Å². The van der Waals surface area contributed by atoms with Gasteiger partial charge in [0.2, 0.25) is 0 Å². The molecular weight excluding hydrogens is 532 g/mol. The number of aromatic nitrogens is 2. The number of ether oxygens (including phenoxy) is 2. The van der Waals surface area contributed by atoms with Crippen LogP contribution in [0, 0.1) is 5.41 Å². The molecule has 1 aromatic carbocycles. The normalized spacial score (nSPS) is 18.7. The first-order valence-electron chi connectivity index (χ1n) is 13.0. The molecule has 1 fully saturated rings. The summed E-state index contributed by atoms with van der Waals surface area (Å²) in [4.78, 5) is 27.4. The number of halogens is 3. The van der Waals surface area contributed by atoms with Crippen molar-refractivity contribution in [1.29, 1.82) is 5.41 Å². The van der Waals surface area contributed by atoms with E-state index in [4.69, 9.17) is 26.5 Å². The molecule has 0 spiro atoms. The Labute approximate surface area is 230 Å². The van der Waals surface area contributed by atoms with Crippen LogP contribution in [0.25, 0.3) is 0 Å². The van der Waals surface area contributed by atoms with Gasteiger partial charge in [-0.2, -0.15) is 9.78 Å². The first kappa shape index (κ1) is 28.7. The van der Waals surface area contributed by atoms with Crippen molar-refractivity contribution in [3.63, 3.8) is 0 Å². The summed E-state index contributed by atoms with van der Waals surface area (Å²) in [6.07, 6.45) is 1.22. The molecule has 0 saturated carbocycles. The molecule has 2 unspecified atom stereocenters. The van der Waals surface area contributed by atoms with Gasteiger partial charge < -0.3 is 19.7 Å². The topological polar surface area (TPSA) is 110 Å². The highest BCUT2D eigenvalue weighted by molar-refractivity contribution is 6.42. The number of alkyl halides is 2. The van der Waals surface area contributed by atoms with Crippen LogP contribution in [0.5, 0.6) is 0 Å². The van der Waals surface area contributed by atoms with Crippen molar-refractivity contribution in [2.24, 2.45) is 0 Å². The van der Waals surface area contributed by atoms with Crippen LogP contribution < -0.4 is 15.8 Å². The summed E-state index contributed by atoms with van der Waals surface area (Å²) < 4.78 is 39.2. The third-order valence-electron chi connectivity index (χ3n) is 6.91. The maximum Gasteiger partial charge on any atom is 0.356 e. The van der Waals surface area contributed by atoms with Gasteiger partial charge in [0.1, 0.15) is 10.7 Å².